The van der Waals surface area contributed by atoms with Crippen molar-refractivity contribution >= 4 is 11.8 Å². The summed E-state index contributed by atoms with van der Waals surface area (Å²) in [4.78, 5) is 8.34. The quantitative estimate of drug-likeness (QED) is 0.797. The van der Waals surface area contributed by atoms with Crippen LogP contribution in [0.15, 0.2) is 46.7 Å². The van der Waals surface area contributed by atoms with Crippen molar-refractivity contribution < 1.29 is 4.39 Å². The summed E-state index contributed by atoms with van der Waals surface area (Å²) < 4.78 is 13.5. The average molecular weight is 231 g/mol. The third kappa shape index (κ3) is 2.35. The summed E-state index contributed by atoms with van der Waals surface area (Å²) in [5.41, 5.74) is 0.306. The van der Waals surface area contributed by atoms with Gasteiger partial charge in [0.15, 0.2) is 0 Å². The molecule has 1 aromatic heterocycles. The van der Waals surface area contributed by atoms with E-state index in [1.807, 2.05) is 6.07 Å². The number of rotatable bonds is 2. The maximum Gasteiger partial charge on any atom is 0.138 e. The van der Waals surface area contributed by atoms with Crippen LogP contribution in [0.4, 0.5) is 4.39 Å². The monoisotopic (exact) mass is 231 g/mol. The van der Waals surface area contributed by atoms with Gasteiger partial charge in [-0.15, -0.1) is 0 Å². The first-order valence-corrected chi connectivity index (χ1v) is 5.25. The summed E-state index contributed by atoms with van der Waals surface area (Å²) in [5, 5.41) is 9.21. The molecule has 0 fully saturated rings. The number of halogens is 1. The molecule has 0 aliphatic rings. The molecule has 1 aromatic carbocycles. The van der Waals surface area contributed by atoms with E-state index in [9.17, 15) is 4.39 Å². The maximum atomic E-state index is 13.5. The Kier molecular flexibility index (Phi) is 3.13. The fraction of sp³-hybridized carbons (Fsp3) is 0. The highest BCUT2D eigenvalue weighted by Gasteiger charge is 2.06. The Morgan fingerprint density at radius 1 is 1.31 bits per heavy atom. The van der Waals surface area contributed by atoms with Crippen molar-refractivity contribution in [2.75, 3.05) is 0 Å². The highest BCUT2D eigenvalue weighted by atomic mass is 32.2. The number of nitrogens with zero attached hydrogens (tertiary/aromatic N) is 3. The lowest BCUT2D eigenvalue weighted by atomic mass is 10.2. The summed E-state index contributed by atoms with van der Waals surface area (Å²) in [5.74, 6) is -0.422. The normalized spacial score (nSPS) is 9.75. The van der Waals surface area contributed by atoms with Gasteiger partial charge < -0.3 is 0 Å². The van der Waals surface area contributed by atoms with E-state index in [1.165, 1.54) is 17.8 Å². The molecule has 5 heteroatoms. The van der Waals surface area contributed by atoms with E-state index in [2.05, 4.69) is 9.97 Å². The molecule has 0 atom stereocenters. The highest BCUT2D eigenvalue weighted by Crippen LogP contribution is 2.27. The Bertz CT molecular complexity index is 537. The van der Waals surface area contributed by atoms with Crippen LogP contribution in [0.25, 0.3) is 0 Å². The van der Waals surface area contributed by atoms with Crippen molar-refractivity contribution in [2.24, 2.45) is 0 Å². The van der Waals surface area contributed by atoms with E-state index in [0.717, 1.165) is 0 Å². The van der Waals surface area contributed by atoms with Crippen LogP contribution in [-0.4, -0.2) is 9.97 Å². The third-order valence-electron chi connectivity index (χ3n) is 1.81. The average Bonchev–Trinajstić information content (AvgIpc) is 2.33. The number of benzene rings is 1. The molecule has 0 N–H and O–H groups in total. The number of hydrogen-bond donors (Lipinski definition) is 0. The van der Waals surface area contributed by atoms with Gasteiger partial charge in [0.2, 0.25) is 0 Å². The second kappa shape index (κ2) is 4.73. The molecule has 0 aliphatic carbocycles. The molecule has 0 spiro atoms. The lowest BCUT2D eigenvalue weighted by molar-refractivity contribution is 0.601. The minimum atomic E-state index is -0.422. The van der Waals surface area contributed by atoms with Crippen molar-refractivity contribution in [3.63, 3.8) is 0 Å². The summed E-state index contributed by atoms with van der Waals surface area (Å²) in [6.45, 7) is 0. The summed E-state index contributed by atoms with van der Waals surface area (Å²) in [7, 11) is 0. The van der Waals surface area contributed by atoms with Crippen LogP contribution < -0.4 is 0 Å². The zero-order valence-corrected chi connectivity index (χ0v) is 8.91. The molecular formula is C11H6FN3S. The van der Waals surface area contributed by atoms with Gasteiger partial charge in [0.05, 0.1) is 17.8 Å². The van der Waals surface area contributed by atoms with Gasteiger partial charge in [-0.1, -0.05) is 11.8 Å². The van der Waals surface area contributed by atoms with Gasteiger partial charge in [-0.2, -0.15) is 5.26 Å². The Labute approximate surface area is 96.0 Å². The molecule has 0 unspecified atom stereocenters. The van der Waals surface area contributed by atoms with Gasteiger partial charge >= 0.3 is 0 Å². The summed E-state index contributed by atoms with van der Waals surface area (Å²) in [6, 6.07) is 6.22. The molecule has 0 saturated carbocycles. The van der Waals surface area contributed by atoms with E-state index in [0.29, 0.717) is 15.5 Å². The van der Waals surface area contributed by atoms with Crippen LogP contribution >= 0.6 is 11.8 Å². The van der Waals surface area contributed by atoms with Crippen molar-refractivity contribution in [1.82, 2.24) is 9.97 Å². The van der Waals surface area contributed by atoms with Crippen LogP contribution in [0.1, 0.15) is 5.56 Å². The van der Waals surface area contributed by atoms with Crippen LogP contribution in [0.2, 0.25) is 0 Å². The second-order valence-electron chi connectivity index (χ2n) is 2.90. The van der Waals surface area contributed by atoms with E-state index < -0.39 is 5.82 Å². The molecule has 0 aliphatic heterocycles. The lowest BCUT2D eigenvalue weighted by Crippen LogP contribution is -1.85. The van der Waals surface area contributed by atoms with Crippen molar-refractivity contribution in [3.8, 4) is 6.07 Å². The standard InChI is InChI=1S/C11H6FN3S/c12-9-5-8(6-13)1-2-10(9)16-11-7-14-3-4-15-11/h1-5,7H. The van der Waals surface area contributed by atoms with Crippen LogP contribution in [0.3, 0.4) is 0 Å². The number of nitriles is 1. The van der Waals surface area contributed by atoms with Crippen LogP contribution in [-0.2, 0) is 0 Å². The fourth-order valence-electron chi connectivity index (χ4n) is 1.10. The molecule has 1 heterocycles. The molecule has 2 rings (SSSR count). The first-order valence-electron chi connectivity index (χ1n) is 4.43. The molecule has 2 aromatic rings. The topological polar surface area (TPSA) is 49.6 Å². The smallest absolute Gasteiger partial charge is 0.138 e. The number of hydrogen-bond acceptors (Lipinski definition) is 4. The van der Waals surface area contributed by atoms with Gasteiger partial charge in [0.1, 0.15) is 10.8 Å². The molecule has 0 bridgehead atoms. The largest absolute Gasteiger partial charge is 0.260 e. The number of aromatic nitrogens is 2. The van der Waals surface area contributed by atoms with E-state index >= 15 is 0 Å². The Morgan fingerprint density at radius 3 is 2.81 bits per heavy atom. The Hall–Kier alpha value is -1.93. The molecule has 78 valence electrons. The van der Waals surface area contributed by atoms with Gasteiger partial charge in [-0.25, -0.2) is 9.37 Å². The van der Waals surface area contributed by atoms with Gasteiger partial charge in [-0.3, -0.25) is 4.98 Å². The zero-order valence-electron chi connectivity index (χ0n) is 8.09. The lowest BCUT2D eigenvalue weighted by Gasteiger charge is -2.01. The third-order valence-corrected chi connectivity index (χ3v) is 2.79. The predicted molar refractivity (Wildman–Crippen MR) is 57.3 cm³/mol. The highest BCUT2D eigenvalue weighted by molar-refractivity contribution is 7.99. The molecule has 3 nitrogen and oxygen atoms in total. The minimum Gasteiger partial charge on any atom is -0.260 e. The molecule has 16 heavy (non-hydrogen) atoms. The van der Waals surface area contributed by atoms with Crippen molar-refractivity contribution in [2.45, 2.75) is 9.92 Å². The van der Waals surface area contributed by atoms with Gasteiger partial charge in [0, 0.05) is 17.3 Å². The molecule has 0 radical (unpaired) electrons. The van der Waals surface area contributed by atoms with E-state index in [1.54, 1.807) is 30.7 Å². The van der Waals surface area contributed by atoms with Crippen LogP contribution in [0, 0.1) is 17.1 Å². The van der Waals surface area contributed by atoms with Crippen molar-refractivity contribution in [1.29, 1.82) is 5.26 Å². The van der Waals surface area contributed by atoms with Gasteiger partial charge in [0.25, 0.3) is 0 Å². The van der Waals surface area contributed by atoms with Crippen molar-refractivity contribution in [3.05, 3.63) is 48.2 Å². The first kappa shape index (κ1) is 10.6. The van der Waals surface area contributed by atoms with Crippen LogP contribution in [0.5, 0.6) is 0 Å². The Balaban J connectivity index is 2.27. The zero-order chi connectivity index (χ0) is 11.4. The second-order valence-corrected chi connectivity index (χ2v) is 3.96. The van der Waals surface area contributed by atoms with E-state index in [4.69, 9.17) is 5.26 Å². The fourth-order valence-corrected chi connectivity index (χ4v) is 1.85. The molecular weight excluding hydrogens is 225 g/mol. The molecule has 0 saturated heterocycles. The summed E-state index contributed by atoms with van der Waals surface area (Å²) >= 11 is 1.18. The first-order chi connectivity index (χ1) is 7.79. The summed E-state index contributed by atoms with van der Waals surface area (Å²) in [6.07, 6.45) is 4.66. The van der Waals surface area contributed by atoms with E-state index in [-0.39, 0.29) is 0 Å². The van der Waals surface area contributed by atoms with Gasteiger partial charge in [-0.05, 0) is 18.2 Å². The minimum absolute atomic E-state index is 0.306. The molecule has 0 amide bonds. The predicted octanol–water partition coefficient (Wildman–Crippen LogP) is 2.64. The maximum absolute atomic E-state index is 13.5. The Morgan fingerprint density at radius 2 is 2.19 bits per heavy atom. The SMILES string of the molecule is N#Cc1ccc(Sc2cnccn2)c(F)c1.